The molecule has 0 saturated carbocycles. The van der Waals surface area contributed by atoms with Gasteiger partial charge in [0.15, 0.2) is 5.76 Å². The normalized spacial score (nSPS) is 12.0. The first-order valence-electron chi connectivity index (χ1n) is 7.64. The molecule has 3 aromatic rings. The Morgan fingerprint density at radius 1 is 1.21 bits per heavy atom. The lowest BCUT2D eigenvalue weighted by molar-refractivity contribution is -0.126. The Labute approximate surface area is 139 Å². The number of amides is 1. The van der Waals surface area contributed by atoms with Crippen molar-refractivity contribution in [3.8, 4) is 11.5 Å². The van der Waals surface area contributed by atoms with Gasteiger partial charge in [-0.15, -0.1) is 0 Å². The summed E-state index contributed by atoms with van der Waals surface area (Å²) in [5, 5.41) is 6.77. The molecule has 24 heavy (non-hydrogen) atoms. The van der Waals surface area contributed by atoms with E-state index in [-0.39, 0.29) is 25.2 Å². The summed E-state index contributed by atoms with van der Waals surface area (Å²) in [7, 11) is 0. The van der Waals surface area contributed by atoms with Crippen LogP contribution in [0.15, 0.2) is 63.7 Å². The third-order valence-electron chi connectivity index (χ3n) is 3.48. The number of aromatic nitrogens is 1. The van der Waals surface area contributed by atoms with Crippen molar-refractivity contribution in [1.82, 2.24) is 10.5 Å². The number of hydrogen-bond donors (Lipinski definition) is 1. The number of carbonyl (C=O) groups excluding carboxylic acids is 1. The van der Waals surface area contributed by atoms with E-state index in [0.717, 1.165) is 5.56 Å². The maximum Gasteiger partial charge on any atom is 0.246 e. The predicted molar refractivity (Wildman–Crippen MR) is 86.9 cm³/mol. The van der Waals surface area contributed by atoms with Crippen LogP contribution in [0.4, 0.5) is 0 Å². The van der Waals surface area contributed by atoms with Crippen LogP contribution in [0, 0.1) is 0 Å². The fraction of sp³-hybridized carbons (Fsp3) is 0.222. The SMILES string of the molecule is C[C@@H](NC(=O)COCc1cc(-c2ccco2)on1)c1ccccc1. The molecule has 0 aliphatic heterocycles. The number of furan rings is 1. The Morgan fingerprint density at radius 2 is 2.04 bits per heavy atom. The monoisotopic (exact) mass is 326 g/mol. The van der Waals surface area contributed by atoms with E-state index in [0.29, 0.717) is 17.2 Å². The minimum Gasteiger partial charge on any atom is -0.461 e. The van der Waals surface area contributed by atoms with Crippen molar-refractivity contribution in [2.45, 2.75) is 19.6 Å². The zero-order chi connectivity index (χ0) is 16.8. The van der Waals surface area contributed by atoms with Crippen LogP contribution in [-0.2, 0) is 16.1 Å². The van der Waals surface area contributed by atoms with Gasteiger partial charge in [-0.3, -0.25) is 4.79 Å². The van der Waals surface area contributed by atoms with E-state index in [1.165, 1.54) is 0 Å². The first-order valence-corrected chi connectivity index (χ1v) is 7.64. The van der Waals surface area contributed by atoms with Gasteiger partial charge in [0.1, 0.15) is 12.3 Å². The quantitative estimate of drug-likeness (QED) is 0.720. The first-order chi connectivity index (χ1) is 11.7. The topological polar surface area (TPSA) is 77.5 Å². The minimum atomic E-state index is -0.180. The average Bonchev–Trinajstić information content (AvgIpc) is 3.27. The third kappa shape index (κ3) is 4.11. The van der Waals surface area contributed by atoms with Gasteiger partial charge in [-0.1, -0.05) is 35.5 Å². The molecule has 0 radical (unpaired) electrons. The Bertz CT molecular complexity index is 765. The highest BCUT2D eigenvalue weighted by atomic mass is 16.5. The van der Waals surface area contributed by atoms with E-state index in [1.54, 1.807) is 24.5 Å². The molecule has 6 heteroatoms. The van der Waals surface area contributed by atoms with Crippen molar-refractivity contribution in [2.24, 2.45) is 0 Å². The number of benzene rings is 1. The lowest BCUT2D eigenvalue weighted by Gasteiger charge is -2.14. The maximum absolute atomic E-state index is 11.9. The van der Waals surface area contributed by atoms with Crippen molar-refractivity contribution >= 4 is 5.91 Å². The van der Waals surface area contributed by atoms with Crippen molar-refractivity contribution in [2.75, 3.05) is 6.61 Å². The molecule has 0 spiro atoms. The summed E-state index contributed by atoms with van der Waals surface area (Å²) in [6, 6.07) is 15.0. The van der Waals surface area contributed by atoms with Crippen LogP contribution in [0.25, 0.3) is 11.5 Å². The average molecular weight is 326 g/mol. The van der Waals surface area contributed by atoms with Crippen LogP contribution in [0.2, 0.25) is 0 Å². The van der Waals surface area contributed by atoms with Crippen LogP contribution >= 0.6 is 0 Å². The number of nitrogens with zero attached hydrogens (tertiary/aromatic N) is 1. The Morgan fingerprint density at radius 3 is 2.79 bits per heavy atom. The molecule has 1 aromatic carbocycles. The van der Waals surface area contributed by atoms with Gasteiger partial charge >= 0.3 is 0 Å². The molecule has 0 unspecified atom stereocenters. The number of hydrogen-bond acceptors (Lipinski definition) is 5. The molecule has 124 valence electrons. The van der Waals surface area contributed by atoms with Crippen molar-refractivity contribution in [3.05, 3.63) is 66.1 Å². The minimum absolute atomic E-state index is 0.0415. The molecule has 1 atom stereocenters. The molecular formula is C18H18N2O4. The Kier molecular flexibility index (Phi) is 5.08. The van der Waals surface area contributed by atoms with Crippen molar-refractivity contribution in [3.63, 3.8) is 0 Å². The van der Waals surface area contributed by atoms with E-state index in [4.69, 9.17) is 13.7 Å². The summed E-state index contributed by atoms with van der Waals surface area (Å²) in [6.07, 6.45) is 1.56. The summed E-state index contributed by atoms with van der Waals surface area (Å²) in [5.74, 6) is 0.949. The molecule has 3 rings (SSSR count). The van der Waals surface area contributed by atoms with Gasteiger partial charge in [0.05, 0.1) is 18.9 Å². The largest absolute Gasteiger partial charge is 0.461 e. The van der Waals surface area contributed by atoms with Gasteiger partial charge in [0.25, 0.3) is 0 Å². The molecule has 6 nitrogen and oxygen atoms in total. The van der Waals surface area contributed by atoms with Crippen LogP contribution in [0.3, 0.4) is 0 Å². The second-order valence-corrected chi connectivity index (χ2v) is 5.35. The molecule has 1 N–H and O–H groups in total. The van der Waals surface area contributed by atoms with E-state index in [1.807, 2.05) is 37.3 Å². The predicted octanol–water partition coefficient (Wildman–Crippen LogP) is 3.33. The summed E-state index contributed by atoms with van der Waals surface area (Å²) < 4.78 is 15.8. The van der Waals surface area contributed by atoms with Gasteiger partial charge in [-0.25, -0.2) is 0 Å². The summed E-state index contributed by atoms with van der Waals surface area (Å²) >= 11 is 0. The summed E-state index contributed by atoms with van der Waals surface area (Å²) in [5.41, 5.74) is 1.65. The smallest absolute Gasteiger partial charge is 0.246 e. The second kappa shape index (κ2) is 7.61. The molecule has 0 bridgehead atoms. The lowest BCUT2D eigenvalue weighted by Crippen LogP contribution is -2.30. The van der Waals surface area contributed by atoms with Crippen molar-refractivity contribution < 1.29 is 18.5 Å². The fourth-order valence-electron chi connectivity index (χ4n) is 2.27. The van der Waals surface area contributed by atoms with E-state index < -0.39 is 0 Å². The van der Waals surface area contributed by atoms with Gasteiger partial charge in [0, 0.05) is 6.07 Å². The lowest BCUT2D eigenvalue weighted by atomic mass is 10.1. The van der Waals surface area contributed by atoms with Gasteiger partial charge in [-0.2, -0.15) is 0 Å². The number of rotatable bonds is 7. The van der Waals surface area contributed by atoms with E-state index in [2.05, 4.69) is 10.5 Å². The van der Waals surface area contributed by atoms with Crippen LogP contribution < -0.4 is 5.32 Å². The highest BCUT2D eigenvalue weighted by molar-refractivity contribution is 5.77. The van der Waals surface area contributed by atoms with Crippen LogP contribution in [-0.4, -0.2) is 17.7 Å². The van der Waals surface area contributed by atoms with Gasteiger partial charge in [-0.05, 0) is 24.6 Å². The molecule has 0 saturated heterocycles. The molecule has 0 aliphatic carbocycles. The highest BCUT2D eigenvalue weighted by Crippen LogP contribution is 2.20. The first kappa shape index (κ1) is 16.0. The zero-order valence-electron chi connectivity index (χ0n) is 13.3. The summed E-state index contributed by atoms with van der Waals surface area (Å²) in [6.45, 7) is 2.08. The Balaban J connectivity index is 1.44. The van der Waals surface area contributed by atoms with Crippen LogP contribution in [0.1, 0.15) is 24.2 Å². The fourth-order valence-corrected chi connectivity index (χ4v) is 2.27. The zero-order valence-corrected chi connectivity index (χ0v) is 13.3. The van der Waals surface area contributed by atoms with Gasteiger partial charge < -0.3 is 19.0 Å². The third-order valence-corrected chi connectivity index (χ3v) is 3.48. The standard InChI is InChI=1S/C18H18N2O4/c1-13(14-6-3-2-4-7-14)19-18(21)12-22-11-15-10-17(24-20-15)16-8-5-9-23-16/h2-10,13H,11-12H2,1H3,(H,19,21)/t13-/m1/s1. The van der Waals surface area contributed by atoms with Gasteiger partial charge in [0.2, 0.25) is 11.7 Å². The van der Waals surface area contributed by atoms with Crippen molar-refractivity contribution in [1.29, 1.82) is 0 Å². The molecule has 0 aliphatic rings. The van der Waals surface area contributed by atoms with E-state index in [9.17, 15) is 4.79 Å². The second-order valence-electron chi connectivity index (χ2n) is 5.35. The number of nitrogens with one attached hydrogen (secondary N) is 1. The molecular weight excluding hydrogens is 308 g/mol. The number of ether oxygens (including phenoxy) is 1. The molecule has 0 fully saturated rings. The molecule has 2 aromatic heterocycles. The maximum atomic E-state index is 11.9. The number of carbonyl (C=O) groups is 1. The molecule has 1 amide bonds. The summed E-state index contributed by atoms with van der Waals surface area (Å²) in [4.78, 5) is 11.9. The highest BCUT2D eigenvalue weighted by Gasteiger charge is 2.11. The van der Waals surface area contributed by atoms with E-state index >= 15 is 0 Å². The Hall–Kier alpha value is -2.86. The molecule has 2 heterocycles. The van der Waals surface area contributed by atoms with Crippen LogP contribution in [0.5, 0.6) is 0 Å².